The number of benzene rings is 4. The molecule has 7 aliphatic heterocycles. The molecule has 7 nitrogen and oxygen atoms in total. The van der Waals surface area contributed by atoms with Crippen LogP contribution in [0.4, 0.5) is 0 Å². The van der Waals surface area contributed by atoms with Crippen LogP contribution in [0.3, 0.4) is 0 Å². The second kappa shape index (κ2) is 22.3. The van der Waals surface area contributed by atoms with E-state index in [0.717, 1.165) is 122 Å². The maximum Gasteiger partial charge on any atom is 0.119 e. The lowest BCUT2D eigenvalue weighted by Crippen LogP contribution is -2.15. The van der Waals surface area contributed by atoms with Crippen LogP contribution in [-0.4, -0.2) is 52.3 Å². The first-order valence-corrected chi connectivity index (χ1v) is 26.1. The molecule has 7 heteroatoms. The molecule has 11 rings (SSSR count). The summed E-state index contributed by atoms with van der Waals surface area (Å²) in [5.41, 5.74) is 17.3. The van der Waals surface area contributed by atoms with Crippen molar-refractivity contribution in [1.82, 2.24) is 9.80 Å². The van der Waals surface area contributed by atoms with Crippen LogP contribution in [0.2, 0.25) is 0 Å². The number of unbranched alkanes of at least 4 members (excludes halogenated alkanes) is 6. The molecule has 0 atom stereocenters. The van der Waals surface area contributed by atoms with Gasteiger partial charge in [0.25, 0.3) is 0 Å². The molecule has 0 saturated heterocycles. The van der Waals surface area contributed by atoms with Gasteiger partial charge in [0.2, 0.25) is 0 Å². The number of allylic oxidation sites excluding steroid dienone is 18. The Morgan fingerprint density at radius 2 is 0.685 bits per heavy atom. The number of hydrogen-bond acceptors (Lipinski definition) is 7. The van der Waals surface area contributed by atoms with Gasteiger partial charge >= 0.3 is 0 Å². The first-order valence-electron chi connectivity index (χ1n) is 26.1. The number of aliphatic imine (C=N–C) groups is 4. The Morgan fingerprint density at radius 3 is 1.07 bits per heavy atom. The van der Waals surface area contributed by atoms with Gasteiger partial charge in [0, 0.05) is 60.2 Å². The van der Waals surface area contributed by atoms with Crippen LogP contribution < -0.4 is 4.74 Å². The third-order valence-electron chi connectivity index (χ3n) is 13.9. The van der Waals surface area contributed by atoms with Crippen molar-refractivity contribution >= 4 is 45.1 Å². The predicted octanol–water partition coefficient (Wildman–Crippen LogP) is 15.2. The lowest BCUT2D eigenvalue weighted by Gasteiger charge is -2.21. The van der Waals surface area contributed by atoms with Crippen molar-refractivity contribution in [3.63, 3.8) is 0 Å². The van der Waals surface area contributed by atoms with E-state index in [-0.39, 0.29) is 0 Å². The third kappa shape index (κ3) is 10.8. The molecular formula is C66H60N6O. The molecule has 0 saturated carbocycles. The van der Waals surface area contributed by atoms with Gasteiger partial charge in [-0.25, -0.2) is 20.0 Å². The minimum absolute atomic E-state index is 0.690. The van der Waals surface area contributed by atoms with Crippen molar-refractivity contribution in [2.45, 2.75) is 58.3 Å². The summed E-state index contributed by atoms with van der Waals surface area (Å²) in [4.78, 5) is 26.2. The van der Waals surface area contributed by atoms with E-state index in [1.165, 1.54) is 49.7 Å². The van der Waals surface area contributed by atoms with E-state index in [4.69, 9.17) is 24.7 Å². The fourth-order valence-electron chi connectivity index (χ4n) is 10.0. The summed E-state index contributed by atoms with van der Waals surface area (Å²) in [6.45, 7) is 5.05. The molecule has 73 heavy (non-hydrogen) atoms. The van der Waals surface area contributed by atoms with Gasteiger partial charge in [-0.2, -0.15) is 0 Å². The monoisotopic (exact) mass is 952 g/mol. The maximum absolute atomic E-state index is 6.33. The van der Waals surface area contributed by atoms with Crippen LogP contribution in [0.25, 0.3) is 22.3 Å². The minimum atomic E-state index is 0.690. The molecule has 0 N–H and O–H groups in total. The molecule has 360 valence electrons. The van der Waals surface area contributed by atoms with Gasteiger partial charge in [0.15, 0.2) is 0 Å². The van der Waals surface area contributed by atoms with Gasteiger partial charge < -0.3 is 14.5 Å². The van der Waals surface area contributed by atoms with Gasteiger partial charge in [-0.1, -0.05) is 142 Å². The molecule has 0 aromatic heterocycles. The van der Waals surface area contributed by atoms with E-state index < -0.39 is 0 Å². The summed E-state index contributed by atoms with van der Waals surface area (Å²) in [6, 6.07) is 39.8. The Bertz CT molecular complexity index is 3230. The Hall–Kier alpha value is -8.42. The van der Waals surface area contributed by atoms with Crippen molar-refractivity contribution in [1.29, 1.82) is 0 Å². The summed E-state index contributed by atoms with van der Waals surface area (Å²) >= 11 is 0. The maximum atomic E-state index is 6.33. The Kier molecular flexibility index (Phi) is 14.4. The number of hydrogen-bond donors (Lipinski definition) is 0. The van der Waals surface area contributed by atoms with Crippen molar-refractivity contribution in [2.24, 2.45) is 20.0 Å². The summed E-state index contributed by atoms with van der Waals surface area (Å²) in [5.74, 6) is 0.859. The van der Waals surface area contributed by atoms with Crippen molar-refractivity contribution in [2.75, 3.05) is 19.7 Å². The van der Waals surface area contributed by atoms with E-state index >= 15 is 0 Å². The zero-order valence-corrected chi connectivity index (χ0v) is 41.6. The Morgan fingerprint density at radius 1 is 0.342 bits per heavy atom. The summed E-state index contributed by atoms with van der Waals surface area (Å²) < 4.78 is 6.33. The molecule has 7 heterocycles. The van der Waals surface area contributed by atoms with Gasteiger partial charge in [0.1, 0.15) is 5.75 Å². The predicted molar refractivity (Wildman–Crippen MR) is 305 cm³/mol. The van der Waals surface area contributed by atoms with Crippen LogP contribution >= 0.6 is 0 Å². The molecule has 0 aliphatic carbocycles. The van der Waals surface area contributed by atoms with E-state index in [1.54, 1.807) is 0 Å². The smallest absolute Gasteiger partial charge is 0.119 e. The summed E-state index contributed by atoms with van der Waals surface area (Å²) in [5, 5.41) is 0. The summed E-state index contributed by atoms with van der Waals surface area (Å²) in [7, 11) is 0. The van der Waals surface area contributed by atoms with Crippen molar-refractivity contribution < 1.29 is 4.74 Å². The van der Waals surface area contributed by atoms with Crippen molar-refractivity contribution in [3.8, 4) is 5.75 Å². The highest BCUT2D eigenvalue weighted by atomic mass is 16.5. The van der Waals surface area contributed by atoms with E-state index in [0.29, 0.717) is 6.61 Å². The van der Waals surface area contributed by atoms with E-state index in [9.17, 15) is 0 Å². The standard InChI is InChI=1S/C66H60N6O/c1-2-3-41-71-43-37-48(38-44-71)49-39-45-72(46-40-49)42-17-6-4-5-7-18-47-73-54-27-25-53(26-28-54)66-61-35-33-59(69-61)64(51-21-13-9-14-22-51)57-31-29-55(67-57)63(50-19-11-8-12-20-50)56-30-32-58(68-56)65(52-23-15-10-16-24-52)60-34-36-62(66)70-60/h8-16,19-40,43-46H,2-7,17-18,41-42,47H2,1H3. The van der Waals surface area contributed by atoms with Crippen LogP contribution in [0, 0.1) is 0 Å². The molecule has 0 amide bonds. The lowest BCUT2D eigenvalue weighted by molar-refractivity contribution is 0.304. The number of fused-ring (bicyclic) bond motifs is 4. The molecule has 0 unspecified atom stereocenters. The third-order valence-corrected chi connectivity index (χ3v) is 13.9. The van der Waals surface area contributed by atoms with Gasteiger partial charge in [-0.3, -0.25) is 0 Å². The van der Waals surface area contributed by atoms with E-state index in [2.05, 4.69) is 211 Å². The average Bonchev–Trinajstić information content (AvgIpc) is 4.31. The SMILES string of the molecule is CCCCN1C=CC(=C2C=CN(CCCCCCCCOc3ccc(C4=C5C=CC(=N5)C(c5ccccc5)=C5C=CC(=N5)C(c5ccccc5)=C5C=CC(=N5)C(c5ccccc5)=C5C=CC4=N5)cc3)C=C2)C=C1. The molecule has 4 aromatic rings. The topological polar surface area (TPSA) is 65.2 Å². The molecule has 0 radical (unpaired) electrons. The Balaban J connectivity index is 0.794. The second-order valence-corrected chi connectivity index (χ2v) is 19.0. The first-order chi connectivity index (χ1) is 36.1. The molecule has 8 bridgehead atoms. The highest BCUT2D eigenvalue weighted by Gasteiger charge is 2.27. The zero-order valence-electron chi connectivity index (χ0n) is 41.6. The lowest BCUT2D eigenvalue weighted by atomic mass is 9.98. The minimum Gasteiger partial charge on any atom is -0.494 e. The fraction of sp³-hybridized carbons (Fsp3) is 0.182. The molecule has 4 aromatic carbocycles. The number of ether oxygens (including phenoxy) is 1. The second-order valence-electron chi connectivity index (χ2n) is 19.0. The average molecular weight is 953 g/mol. The largest absolute Gasteiger partial charge is 0.494 e. The molecular weight excluding hydrogens is 893 g/mol. The van der Waals surface area contributed by atoms with Gasteiger partial charge in [0.05, 0.1) is 52.2 Å². The molecule has 0 spiro atoms. The number of rotatable bonds is 17. The normalized spacial score (nSPS) is 17.5. The fourth-order valence-corrected chi connectivity index (χ4v) is 10.0. The Labute approximate surface area is 430 Å². The molecule has 0 fully saturated rings. The van der Waals surface area contributed by atoms with Crippen LogP contribution in [0.1, 0.15) is 80.5 Å². The van der Waals surface area contributed by atoms with Gasteiger partial charge in [-0.05, 0) is 138 Å². The first kappa shape index (κ1) is 46.9. The summed E-state index contributed by atoms with van der Waals surface area (Å²) in [6.07, 6.45) is 44.1. The highest BCUT2D eigenvalue weighted by Crippen LogP contribution is 2.39. The van der Waals surface area contributed by atoms with Gasteiger partial charge in [-0.15, -0.1) is 0 Å². The van der Waals surface area contributed by atoms with Crippen molar-refractivity contribution in [3.05, 3.63) is 269 Å². The zero-order chi connectivity index (χ0) is 49.2. The van der Waals surface area contributed by atoms with Crippen LogP contribution in [-0.2, 0) is 0 Å². The van der Waals surface area contributed by atoms with Crippen LogP contribution in [0.15, 0.2) is 267 Å². The number of nitrogens with zero attached hydrogens (tertiary/aromatic N) is 6. The van der Waals surface area contributed by atoms with Crippen LogP contribution in [0.5, 0.6) is 5.75 Å². The highest BCUT2D eigenvalue weighted by molar-refractivity contribution is 6.39. The van der Waals surface area contributed by atoms with E-state index in [1.807, 2.05) is 18.2 Å². The molecule has 7 aliphatic rings. The quantitative estimate of drug-likeness (QED) is 0.0991.